The first-order valence-electron chi connectivity index (χ1n) is 16.7. The normalized spacial score (nSPS) is 14.8. The summed E-state index contributed by atoms with van der Waals surface area (Å²) in [4.78, 5) is 6.92. The van der Waals surface area contributed by atoms with E-state index in [0.29, 0.717) is 0 Å². The molecule has 0 bridgehead atoms. The number of para-hydroxylation sites is 2. The second kappa shape index (κ2) is 10.7. The summed E-state index contributed by atoms with van der Waals surface area (Å²) in [5.41, 5.74) is 13.7. The van der Waals surface area contributed by atoms with Crippen molar-refractivity contribution in [2.45, 2.75) is 12.5 Å². The fraction of sp³-hybridized carbons (Fsp3) is 0.0444. The molecule has 0 saturated carbocycles. The number of fused-ring (bicyclic) bond motifs is 6. The summed E-state index contributed by atoms with van der Waals surface area (Å²) in [5, 5.41) is 5.23. The predicted octanol–water partition coefficient (Wildman–Crippen LogP) is 11.7. The number of rotatable bonds is 5. The molecule has 1 unspecified atom stereocenters. The van der Waals surface area contributed by atoms with Gasteiger partial charge in [-0.1, -0.05) is 115 Å². The zero-order valence-electron chi connectivity index (χ0n) is 26.3. The molecule has 3 nitrogen and oxygen atoms in total. The second-order valence-electron chi connectivity index (χ2n) is 12.7. The zero-order valence-corrected chi connectivity index (χ0v) is 26.3. The fourth-order valence-electron chi connectivity index (χ4n) is 8.05. The van der Waals surface area contributed by atoms with Crippen LogP contribution in [-0.4, -0.2) is 15.6 Å². The van der Waals surface area contributed by atoms with Crippen LogP contribution in [0, 0.1) is 0 Å². The van der Waals surface area contributed by atoms with Gasteiger partial charge in [0.2, 0.25) is 0 Å². The van der Waals surface area contributed by atoms with Crippen molar-refractivity contribution in [2.24, 2.45) is 0 Å². The zero-order chi connectivity index (χ0) is 31.6. The maximum Gasteiger partial charge on any atom is 0.0602 e. The van der Waals surface area contributed by atoms with Gasteiger partial charge in [0.15, 0.2) is 0 Å². The van der Waals surface area contributed by atoms with Gasteiger partial charge in [-0.25, -0.2) is 0 Å². The quantitative estimate of drug-likeness (QED) is 0.193. The number of aromatic nitrogens is 2. The number of hydrogen-bond donors (Lipinski definition) is 0. The lowest BCUT2D eigenvalue weighted by Gasteiger charge is -2.33. The first-order chi connectivity index (χ1) is 23.8. The van der Waals surface area contributed by atoms with Crippen LogP contribution in [0.25, 0.3) is 71.7 Å². The largest absolute Gasteiger partial charge is 0.333 e. The highest BCUT2D eigenvalue weighted by Crippen LogP contribution is 2.49. The van der Waals surface area contributed by atoms with E-state index in [1.807, 2.05) is 18.5 Å². The van der Waals surface area contributed by atoms with Gasteiger partial charge in [-0.15, -0.1) is 0 Å². The minimum atomic E-state index is 0.146. The van der Waals surface area contributed by atoms with Crippen molar-refractivity contribution in [1.29, 1.82) is 0 Å². The van der Waals surface area contributed by atoms with E-state index in [0.717, 1.165) is 17.8 Å². The van der Waals surface area contributed by atoms with Crippen LogP contribution in [0.1, 0.15) is 6.42 Å². The van der Waals surface area contributed by atoms with Crippen molar-refractivity contribution < 1.29 is 0 Å². The third-order valence-corrected chi connectivity index (χ3v) is 10.2. The first kappa shape index (κ1) is 27.0. The number of benzene rings is 6. The molecular weight excluding hydrogens is 583 g/mol. The van der Waals surface area contributed by atoms with Crippen molar-refractivity contribution in [3.8, 4) is 33.4 Å². The van der Waals surface area contributed by atoms with Gasteiger partial charge >= 0.3 is 0 Å². The summed E-state index contributed by atoms with van der Waals surface area (Å²) < 4.78 is 2.40. The number of nitrogens with zero attached hydrogens (tertiary/aromatic N) is 3. The maximum atomic E-state index is 4.50. The van der Waals surface area contributed by atoms with Crippen LogP contribution in [0.3, 0.4) is 0 Å². The molecule has 2 aliphatic carbocycles. The summed E-state index contributed by atoms with van der Waals surface area (Å²) in [6.07, 6.45) is 11.7. The molecule has 2 aromatic heterocycles. The van der Waals surface area contributed by atoms with Crippen molar-refractivity contribution in [3.63, 3.8) is 0 Å². The monoisotopic (exact) mass is 613 g/mol. The molecule has 8 aromatic rings. The molecule has 6 aromatic carbocycles. The van der Waals surface area contributed by atoms with E-state index in [1.54, 1.807) is 0 Å². The summed E-state index contributed by atoms with van der Waals surface area (Å²) in [6.45, 7) is 0. The molecule has 3 heteroatoms. The van der Waals surface area contributed by atoms with Crippen LogP contribution < -0.4 is 4.90 Å². The van der Waals surface area contributed by atoms with Crippen molar-refractivity contribution in [2.75, 3.05) is 4.90 Å². The fourth-order valence-corrected chi connectivity index (χ4v) is 8.05. The number of anilines is 2. The molecule has 0 radical (unpaired) electrons. The van der Waals surface area contributed by atoms with Crippen LogP contribution in [0.15, 0.2) is 170 Å². The number of pyridine rings is 1. The van der Waals surface area contributed by atoms with Crippen LogP contribution >= 0.6 is 0 Å². The first-order valence-corrected chi connectivity index (χ1v) is 16.7. The lowest BCUT2D eigenvalue weighted by atomic mass is 9.94. The van der Waals surface area contributed by atoms with Gasteiger partial charge in [0.05, 0.1) is 29.0 Å². The van der Waals surface area contributed by atoms with E-state index in [1.165, 1.54) is 71.7 Å². The molecule has 226 valence electrons. The minimum Gasteiger partial charge on any atom is -0.333 e. The average Bonchev–Trinajstić information content (AvgIpc) is 3.67. The standard InChI is InChI=1S/C45H31N3/c1-2-11-37-36(10-1)41-15-7-14-40-35(26-27-42(37)45(40)41)30-18-20-31(21-19-30)47(34-9-8-28-46-29-34)32-22-24-33(25-23-32)48-43-16-5-3-12-38(43)39-13-4-6-17-44(39)48/h1-22,24-29,32H,23H2. The number of hydrogen-bond acceptors (Lipinski definition) is 2. The third kappa shape index (κ3) is 4.04. The van der Waals surface area contributed by atoms with E-state index in [-0.39, 0.29) is 6.04 Å². The molecule has 2 aliphatic rings. The Labute approximate surface area is 279 Å². The van der Waals surface area contributed by atoms with Crippen LogP contribution in [0.4, 0.5) is 11.4 Å². The Bertz CT molecular complexity index is 2510. The highest BCUT2D eigenvalue weighted by atomic mass is 15.2. The van der Waals surface area contributed by atoms with Crippen LogP contribution in [-0.2, 0) is 0 Å². The van der Waals surface area contributed by atoms with E-state index in [2.05, 4.69) is 166 Å². The molecule has 0 fully saturated rings. The molecule has 0 N–H and O–H groups in total. The van der Waals surface area contributed by atoms with E-state index < -0.39 is 0 Å². The van der Waals surface area contributed by atoms with Crippen molar-refractivity contribution in [1.82, 2.24) is 9.55 Å². The average molecular weight is 614 g/mol. The van der Waals surface area contributed by atoms with Crippen LogP contribution in [0.2, 0.25) is 0 Å². The lowest BCUT2D eigenvalue weighted by Crippen LogP contribution is -2.30. The topological polar surface area (TPSA) is 21.1 Å². The Morgan fingerprint density at radius 2 is 1.19 bits per heavy atom. The summed E-state index contributed by atoms with van der Waals surface area (Å²) in [6, 6.07) is 50.9. The smallest absolute Gasteiger partial charge is 0.0602 e. The summed E-state index contributed by atoms with van der Waals surface area (Å²) in [7, 11) is 0. The Morgan fingerprint density at radius 3 is 1.88 bits per heavy atom. The van der Waals surface area contributed by atoms with Gasteiger partial charge in [-0.3, -0.25) is 4.98 Å². The molecule has 0 amide bonds. The number of allylic oxidation sites excluding steroid dienone is 2. The molecule has 0 aliphatic heterocycles. The predicted molar refractivity (Wildman–Crippen MR) is 201 cm³/mol. The van der Waals surface area contributed by atoms with Gasteiger partial charge in [-0.2, -0.15) is 0 Å². The molecule has 0 spiro atoms. The van der Waals surface area contributed by atoms with Gasteiger partial charge < -0.3 is 9.47 Å². The highest BCUT2D eigenvalue weighted by Gasteiger charge is 2.24. The van der Waals surface area contributed by atoms with Gasteiger partial charge in [0.25, 0.3) is 0 Å². The van der Waals surface area contributed by atoms with E-state index in [9.17, 15) is 0 Å². The van der Waals surface area contributed by atoms with Gasteiger partial charge in [0.1, 0.15) is 0 Å². The third-order valence-electron chi connectivity index (χ3n) is 10.2. The van der Waals surface area contributed by atoms with Crippen molar-refractivity contribution >= 4 is 49.7 Å². The molecule has 48 heavy (non-hydrogen) atoms. The Kier molecular flexibility index (Phi) is 6.00. The maximum absolute atomic E-state index is 4.50. The minimum absolute atomic E-state index is 0.146. The summed E-state index contributed by atoms with van der Waals surface area (Å²) in [5.74, 6) is 0. The molecule has 1 atom stereocenters. The Hall–Kier alpha value is -6.19. The van der Waals surface area contributed by atoms with Crippen molar-refractivity contribution in [3.05, 3.63) is 170 Å². The molecule has 2 heterocycles. The Balaban J connectivity index is 1.02. The summed E-state index contributed by atoms with van der Waals surface area (Å²) >= 11 is 0. The molecule has 10 rings (SSSR count). The van der Waals surface area contributed by atoms with Crippen LogP contribution in [0.5, 0.6) is 0 Å². The Morgan fingerprint density at radius 1 is 0.542 bits per heavy atom. The lowest BCUT2D eigenvalue weighted by molar-refractivity contribution is 0.782. The molecule has 0 saturated heterocycles. The SMILES string of the molecule is C1=CC(N(c2ccc(-c3ccc4c5c(cccc35)-c3ccccc3-4)cc2)c2cccnc2)CC=C1n1c2ccccc2c2ccccc21. The second-order valence-corrected chi connectivity index (χ2v) is 12.7. The van der Waals surface area contributed by atoms with Gasteiger partial charge in [-0.05, 0) is 93.0 Å². The van der Waals surface area contributed by atoms with E-state index in [4.69, 9.17) is 0 Å². The van der Waals surface area contributed by atoms with E-state index >= 15 is 0 Å². The highest BCUT2D eigenvalue weighted by molar-refractivity contribution is 6.18. The molecular formula is C45H31N3. The van der Waals surface area contributed by atoms with Gasteiger partial charge in [0, 0.05) is 28.4 Å².